The van der Waals surface area contributed by atoms with Crippen molar-refractivity contribution in [3.63, 3.8) is 0 Å². The van der Waals surface area contributed by atoms with E-state index in [-0.39, 0.29) is 0 Å². The molecule has 4 heteroatoms. The molecule has 16 heavy (non-hydrogen) atoms. The molecule has 1 aliphatic rings. The van der Waals surface area contributed by atoms with Gasteiger partial charge in [0.05, 0.1) is 5.02 Å². The van der Waals surface area contributed by atoms with Crippen molar-refractivity contribution in [3.8, 4) is 0 Å². The summed E-state index contributed by atoms with van der Waals surface area (Å²) < 4.78 is 0. The van der Waals surface area contributed by atoms with E-state index < -0.39 is 0 Å². The molecule has 1 fully saturated rings. The molecule has 0 bridgehead atoms. The molecular weight excluding hydrogens is 222 g/mol. The second kappa shape index (κ2) is 5.71. The predicted octanol–water partition coefficient (Wildman–Crippen LogP) is 2.24. The molecule has 0 saturated carbocycles. The van der Waals surface area contributed by atoms with E-state index >= 15 is 0 Å². The zero-order chi connectivity index (χ0) is 11.4. The molecule has 0 aliphatic carbocycles. The molecule has 0 spiro atoms. The van der Waals surface area contributed by atoms with Crippen molar-refractivity contribution in [1.82, 2.24) is 15.2 Å². The molecule has 1 atom stereocenters. The molecule has 1 unspecified atom stereocenters. The molecule has 3 nitrogen and oxygen atoms in total. The van der Waals surface area contributed by atoms with Crippen molar-refractivity contribution < 1.29 is 0 Å². The molecule has 2 rings (SSSR count). The number of hydrogen-bond acceptors (Lipinski definition) is 2. The van der Waals surface area contributed by atoms with Gasteiger partial charge in [-0.05, 0) is 38.9 Å². The summed E-state index contributed by atoms with van der Waals surface area (Å²) in [6.45, 7) is 6.78. The van der Waals surface area contributed by atoms with Crippen molar-refractivity contribution in [2.45, 2.75) is 32.4 Å². The first kappa shape index (κ1) is 12.0. The van der Waals surface area contributed by atoms with Crippen LogP contribution in [0.3, 0.4) is 0 Å². The van der Waals surface area contributed by atoms with E-state index in [0.29, 0.717) is 6.04 Å². The van der Waals surface area contributed by atoms with Crippen LogP contribution >= 0.6 is 11.6 Å². The number of nitrogens with one attached hydrogen (secondary N) is 2. The molecule has 0 amide bonds. The highest BCUT2D eigenvalue weighted by atomic mass is 35.5. The van der Waals surface area contributed by atoms with Crippen molar-refractivity contribution >= 4 is 11.6 Å². The first-order valence-corrected chi connectivity index (χ1v) is 6.40. The standard InChI is InChI=1S/C12H20ClN3/c1-10(9-16-4-2-3-5-16)14-8-12-6-11(13)7-15-12/h6-7,10,14-15H,2-5,8-9H2,1H3. The minimum absolute atomic E-state index is 0.528. The van der Waals surface area contributed by atoms with Gasteiger partial charge in [-0.3, -0.25) is 0 Å². The lowest BCUT2D eigenvalue weighted by Gasteiger charge is -2.20. The SMILES string of the molecule is CC(CN1CCCC1)NCc1cc(Cl)c[nH]1. The molecule has 1 aromatic rings. The number of hydrogen-bond donors (Lipinski definition) is 2. The number of likely N-dealkylation sites (tertiary alicyclic amines) is 1. The molecule has 90 valence electrons. The second-order valence-electron chi connectivity index (χ2n) is 4.63. The molecule has 2 heterocycles. The van der Waals surface area contributed by atoms with Crippen molar-refractivity contribution in [2.75, 3.05) is 19.6 Å². The Labute approximate surface area is 102 Å². The molecular formula is C12H20ClN3. The van der Waals surface area contributed by atoms with Gasteiger partial charge < -0.3 is 15.2 Å². The quantitative estimate of drug-likeness (QED) is 0.829. The topological polar surface area (TPSA) is 31.1 Å². The van der Waals surface area contributed by atoms with Crippen molar-refractivity contribution in [2.24, 2.45) is 0 Å². The molecule has 0 radical (unpaired) electrons. The average molecular weight is 242 g/mol. The van der Waals surface area contributed by atoms with Gasteiger partial charge in [-0.15, -0.1) is 0 Å². The lowest BCUT2D eigenvalue weighted by Crippen LogP contribution is -2.37. The number of nitrogens with zero attached hydrogens (tertiary/aromatic N) is 1. The van der Waals surface area contributed by atoms with Crippen LogP contribution in [0, 0.1) is 0 Å². The molecule has 2 N–H and O–H groups in total. The molecule has 1 saturated heterocycles. The summed E-state index contributed by atoms with van der Waals surface area (Å²) in [7, 11) is 0. The molecule has 1 aliphatic heterocycles. The van der Waals surface area contributed by atoms with Crippen molar-refractivity contribution in [3.05, 3.63) is 23.0 Å². The largest absolute Gasteiger partial charge is 0.363 e. The van der Waals surface area contributed by atoms with Gasteiger partial charge in [0.1, 0.15) is 0 Å². The summed E-state index contributed by atoms with van der Waals surface area (Å²) in [5.74, 6) is 0. The maximum absolute atomic E-state index is 5.85. The highest BCUT2D eigenvalue weighted by molar-refractivity contribution is 6.30. The van der Waals surface area contributed by atoms with Gasteiger partial charge in [0.2, 0.25) is 0 Å². The van der Waals surface area contributed by atoms with E-state index in [1.54, 1.807) is 0 Å². The van der Waals surface area contributed by atoms with E-state index in [9.17, 15) is 0 Å². The predicted molar refractivity (Wildman–Crippen MR) is 67.8 cm³/mol. The Morgan fingerprint density at radius 2 is 2.25 bits per heavy atom. The van der Waals surface area contributed by atoms with Crippen LogP contribution in [0.2, 0.25) is 5.02 Å². The van der Waals surface area contributed by atoms with Crippen LogP contribution < -0.4 is 5.32 Å². The summed E-state index contributed by atoms with van der Waals surface area (Å²) in [6.07, 6.45) is 4.54. The normalized spacial score (nSPS) is 19.1. The Morgan fingerprint density at radius 3 is 2.88 bits per heavy atom. The van der Waals surface area contributed by atoms with Crippen molar-refractivity contribution in [1.29, 1.82) is 0 Å². The third-order valence-corrected chi connectivity index (χ3v) is 3.30. The van der Waals surface area contributed by atoms with Gasteiger partial charge in [-0.25, -0.2) is 0 Å². The second-order valence-corrected chi connectivity index (χ2v) is 5.07. The van der Waals surface area contributed by atoms with Gasteiger partial charge in [-0.1, -0.05) is 11.6 Å². The lowest BCUT2D eigenvalue weighted by atomic mass is 10.3. The van der Waals surface area contributed by atoms with Crippen LogP contribution in [0.25, 0.3) is 0 Å². The van der Waals surface area contributed by atoms with Gasteiger partial charge in [0.25, 0.3) is 0 Å². The Kier molecular flexibility index (Phi) is 4.27. The van der Waals surface area contributed by atoms with Gasteiger partial charge in [-0.2, -0.15) is 0 Å². The van der Waals surface area contributed by atoms with E-state index in [4.69, 9.17) is 11.6 Å². The number of rotatable bonds is 5. The zero-order valence-corrected chi connectivity index (χ0v) is 10.6. The number of H-pyrrole nitrogens is 1. The Balaban J connectivity index is 1.68. The van der Waals surface area contributed by atoms with E-state index in [0.717, 1.165) is 23.8 Å². The van der Waals surface area contributed by atoms with E-state index in [1.165, 1.54) is 25.9 Å². The summed E-state index contributed by atoms with van der Waals surface area (Å²) in [5, 5.41) is 4.29. The van der Waals surface area contributed by atoms with Crippen LogP contribution in [0.1, 0.15) is 25.5 Å². The fourth-order valence-electron chi connectivity index (χ4n) is 2.21. The Morgan fingerprint density at radius 1 is 1.50 bits per heavy atom. The van der Waals surface area contributed by atoms with Crippen LogP contribution in [0.4, 0.5) is 0 Å². The Bertz CT molecular complexity index is 318. The van der Waals surface area contributed by atoms with Crippen LogP contribution in [0.5, 0.6) is 0 Å². The number of aromatic amines is 1. The minimum atomic E-state index is 0.528. The fraction of sp³-hybridized carbons (Fsp3) is 0.667. The zero-order valence-electron chi connectivity index (χ0n) is 9.80. The van der Waals surface area contributed by atoms with Crippen LogP contribution in [0.15, 0.2) is 12.3 Å². The Hall–Kier alpha value is -0.510. The third-order valence-electron chi connectivity index (χ3n) is 3.08. The van der Waals surface area contributed by atoms with E-state index in [1.807, 2.05) is 12.3 Å². The highest BCUT2D eigenvalue weighted by Gasteiger charge is 2.14. The lowest BCUT2D eigenvalue weighted by molar-refractivity contribution is 0.298. The van der Waals surface area contributed by atoms with Gasteiger partial charge in [0, 0.05) is 31.0 Å². The first-order chi connectivity index (χ1) is 7.74. The monoisotopic (exact) mass is 241 g/mol. The molecule has 1 aromatic heterocycles. The summed E-state index contributed by atoms with van der Waals surface area (Å²) in [6, 6.07) is 2.50. The minimum Gasteiger partial charge on any atom is -0.363 e. The third kappa shape index (κ3) is 3.51. The maximum Gasteiger partial charge on any atom is 0.0583 e. The molecule has 0 aromatic carbocycles. The fourth-order valence-corrected chi connectivity index (χ4v) is 2.40. The van der Waals surface area contributed by atoms with Crippen LogP contribution in [-0.2, 0) is 6.54 Å². The summed E-state index contributed by atoms with van der Waals surface area (Å²) >= 11 is 5.85. The van der Waals surface area contributed by atoms with E-state index in [2.05, 4.69) is 22.1 Å². The van der Waals surface area contributed by atoms with Gasteiger partial charge >= 0.3 is 0 Å². The smallest absolute Gasteiger partial charge is 0.0583 e. The average Bonchev–Trinajstić information content (AvgIpc) is 2.87. The summed E-state index contributed by atoms with van der Waals surface area (Å²) in [5.41, 5.74) is 1.15. The summed E-state index contributed by atoms with van der Waals surface area (Å²) in [4.78, 5) is 5.67. The maximum atomic E-state index is 5.85. The highest BCUT2D eigenvalue weighted by Crippen LogP contribution is 2.10. The first-order valence-electron chi connectivity index (χ1n) is 6.02. The number of halogens is 1. The van der Waals surface area contributed by atoms with Crippen LogP contribution in [-0.4, -0.2) is 35.6 Å². The van der Waals surface area contributed by atoms with Gasteiger partial charge in [0.15, 0.2) is 0 Å². The number of aromatic nitrogens is 1.